The topological polar surface area (TPSA) is 21.3 Å². The molecule has 1 N–H and O–H groups in total. The zero-order valence-electron chi connectivity index (χ0n) is 11.0. The van der Waals surface area contributed by atoms with E-state index >= 15 is 0 Å². The highest BCUT2D eigenvalue weighted by Crippen LogP contribution is 2.27. The van der Waals surface area contributed by atoms with E-state index in [0.29, 0.717) is 6.10 Å². The van der Waals surface area contributed by atoms with E-state index < -0.39 is 0 Å². The second-order valence-corrected chi connectivity index (χ2v) is 5.91. The summed E-state index contributed by atoms with van der Waals surface area (Å²) in [6, 6.07) is 8.44. The van der Waals surface area contributed by atoms with Crippen LogP contribution in [0.15, 0.2) is 28.7 Å². The molecule has 0 saturated heterocycles. The van der Waals surface area contributed by atoms with Crippen molar-refractivity contribution in [2.45, 2.75) is 44.3 Å². The van der Waals surface area contributed by atoms with Gasteiger partial charge in [-0.1, -0.05) is 47.3 Å². The summed E-state index contributed by atoms with van der Waals surface area (Å²) in [6.45, 7) is 0.868. The minimum Gasteiger partial charge on any atom is -0.369 e. The van der Waals surface area contributed by atoms with Gasteiger partial charge in [-0.15, -0.1) is 0 Å². The van der Waals surface area contributed by atoms with Crippen LogP contribution in [-0.4, -0.2) is 19.7 Å². The minimum absolute atomic E-state index is 0.163. The van der Waals surface area contributed by atoms with Crippen LogP contribution in [-0.2, 0) is 4.74 Å². The molecule has 1 aliphatic rings. The summed E-state index contributed by atoms with van der Waals surface area (Å²) in [5.41, 5.74) is 1.25. The van der Waals surface area contributed by atoms with Crippen molar-refractivity contribution in [2.24, 2.45) is 0 Å². The van der Waals surface area contributed by atoms with Gasteiger partial charge in [0.25, 0.3) is 0 Å². The standard InChI is InChI=1S/C15H22BrNO/c1-17-11-15(12-6-5-7-13(16)10-12)18-14-8-3-2-4-9-14/h5-7,10,14-15,17H,2-4,8-9,11H2,1H3. The highest BCUT2D eigenvalue weighted by molar-refractivity contribution is 9.10. The van der Waals surface area contributed by atoms with Gasteiger partial charge in [-0.05, 0) is 37.6 Å². The molecular formula is C15H22BrNO. The van der Waals surface area contributed by atoms with Crippen LogP contribution < -0.4 is 5.32 Å². The molecule has 2 nitrogen and oxygen atoms in total. The number of rotatable bonds is 5. The van der Waals surface area contributed by atoms with Crippen molar-refractivity contribution in [3.8, 4) is 0 Å². The van der Waals surface area contributed by atoms with Gasteiger partial charge in [0.2, 0.25) is 0 Å². The van der Waals surface area contributed by atoms with E-state index in [1.165, 1.54) is 37.7 Å². The molecule has 0 aromatic heterocycles. The van der Waals surface area contributed by atoms with Gasteiger partial charge < -0.3 is 10.1 Å². The minimum atomic E-state index is 0.163. The molecule has 3 heteroatoms. The summed E-state index contributed by atoms with van der Waals surface area (Å²) in [5, 5.41) is 3.24. The molecule has 1 atom stereocenters. The lowest BCUT2D eigenvalue weighted by Gasteiger charge is -2.28. The van der Waals surface area contributed by atoms with Gasteiger partial charge in [-0.25, -0.2) is 0 Å². The number of nitrogens with one attached hydrogen (secondary N) is 1. The molecule has 1 aromatic rings. The lowest BCUT2D eigenvalue weighted by molar-refractivity contribution is -0.0298. The molecule has 1 unspecified atom stereocenters. The van der Waals surface area contributed by atoms with E-state index in [2.05, 4.69) is 45.5 Å². The van der Waals surface area contributed by atoms with Crippen molar-refractivity contribution in [3.63, 3.8) is 0 Å². The summed E-state index contributed by atoms with van der Waals surface area (Å²) >= 11 is 3.53. The Morgan fingerprint density at radius 1 is 1.33 bits per heavy atom. The first kappa shape index (κ1) is 14.0. The fourth-order valence-electron chi connectivity index (χ4n) is 2.57. The van der Waals surface area contributed by atoms with Crippen LogP contribution in [0.4, 0.5) is 0 Å². The Hall–Kier alpha value is -0.380. The number of halogens is 1. The van der Waals surface area contributed by atoms with Crippen molar-refractivity contribution in [3.05, 3.63) is 34.3 Å². The lowest BCUT2D eigenvalue weighted by atomic mass is 9.97. The summed E-state index contributed by atoms with van der Waals surface area (Å²) in [6.07, 6.45) is 7.03. The van der Waals surface area contributed by atoms with Gasteiger partial charge in [0.05, 0.1) is 12.2 Å². The molecule has 0 amide bonds. The van der Waals surface area contributed by atoms with Crippen LogP contribution >= 0.6 is 15.9 Å². The third-order valence-corrected chi connectivity index (χ3v) is 4.01. The zero-order valence-corrected chi connectivity index (χ0v) is 12.6. The second-order valence-electron chi connectivity index (χ2n) is 5.00. The molecule has 1 aromatic carbocycles. The van der Waals surface area contributed by atoms with E-state index in [4.69, 9.17) is 4.74 Å². The maximum atomic E-state index is 6.29. The van der Waals surface area contributed by atoms with Gasteiger partial charge in [0.15, 0.2) is 0 Å². The molecule has 1 saturated carbocycles. The van der Waals surface area contributed by atoms with Gasteiger partial charge in [0.1, 0.15) is 0 Å². The second kappa shape index (κ2) is 7.27. The number of likely N-dealkylation sites (N-methyl/N-ethyl adjacent to an activating group) is 1. The van der Waals surface area contributed by atoms with Crippen molar-refractivity contribution in [2.75, 3.05) is 13.6 Å². The van der Waals surface area contributed by atoms with Crippen LogP contribution in [0.2, 0.25) is 0 Å². The van der Waals surface area contributed by atoms with Gasteiger partial charge >= 0.3 is 0 Å². The molecule has 0 spiro atoms. The first-order chi connectivity index (χ1) is 8.79. The van der Waals surface area contributed by atoms with Gasteiger partial charge in [-0.2, -0.15) is 0 Å². The highest BCUT2D eigenvalue weighted by Gasteiger charge is 2.20. The fraction of sp³-hybridized carbons (Fsp3) is 0.600. The first-order valence-electron chi connectivity index (χ1n) is 6.85. The monoisotopic (exact) mass is 311 g/mol. The molecule has 0 bridgehead atoms. The molecule has 2 rings (SSSR count). The maximum absolute atomic E-state index is 6.29. The zero-order chi connectivity index (χ0) is 12.8. The molecular weight excluding hydrogens is 290 g/mol. The quantitative estimate of drug-likeness (QED) is 0.885. The molecule has 1 fully saturated rings. The molecule has 1 aliphatic carbocycles. The van der Waals surface area contributed by atoms with Crippen molar-refractivity contribution in [1.29, 1.82) is 0 Å². The van der Waals surface area contributed by atoms with Crippen molar-refractivity contribution < 1.29 is 4.74 Å². The summed E-state index contributed by atoms with van der Waals surface area (Å²) < 4.78 is 7.41. The SMILES string of the molecule is CNCC(OC1CCCCC1)c1cccc(Br)c1. The fourth-order valence-corrected chi connectivity index (χ4v) is 2.99. The Bertz CT molecular complexity index is 363. The summed E-state index contributed by atoms with van der Waals surface area (Å²) in [7, 11) is 1.98. The van der Waals surface area contributed by atoms with Crippen LogP contribution in [0.3, 0.4) is 0 Å². The molecule has 0 radical (unpaired) electrons. The predicted octanol–water partition coefficient (Wildman–Crippen LogP) is 4.06. The van der Waals surface area contributed by atoms with E-state index in [0.717, 1.165) is 11.0 Å². The van der Waals surface area contributed by atoms with Crippen molar-refractivity contribution in [1.82, 2.24) is 5.32 Å². The molecule has 18 heavy (non-hydrogen) atoms. The average molecular weight is 312 g/mol. The van der Waals surface area contributed by atoms with Crippen LogP contribution in [0.25, 0.3) is 0 Å². The normalized spacial score (nSPS) is 18.8. The predicted molar refractivity (Wildman–Crippen MR) is 78.8 cm³/mol. The third kappa shape index (κ3) is 4.08. The van der Waals surface area contributed by atoms with Crippen LogP contribution in [0, 0.1) is 0 Å². The highest BCUT2D eigenvalue weighted by atomic mass is 79.9. The average Bonchev–Trinajstić information content (AvgIpc) is 2.39. The molecule has 0 aliphatic heterocycles. The largest absolute Gasteiger partial charge is 0.369 e. The number of hydrogen-bond donors (Lipinski definition) is 1. The van der Waals surface area contributed by atoms with Gasteiger partial charge in [-0.3, -0.25) is 0 Å². The Balaban J connectivity index is 2.02. The van der Waals surface area contributed by atoms with Crippen molar-refractivity contribution >= 4 is 15.9 Å². The lowest BCUT2D eigenvalue weighted by Crippen LogP contribution is -2.26. The van der Waals surface area contributed by atoms with Crippen LogP contribution in [0.1, 0.15) is 43.8 Å². The first-order valence-corrected chi connectivity index (χ1v) is 7.64. The summed E-state index contributed by atoms with van der Waals surface area (Å²) in [5.74, 6) is 0. The Kier molecular flexibility index (Phi) is 5.67. The molecule has 100 valence electrons. The van der Waals surface area contributed by atoms with E-state index in [9.17, 15) is 0 Å². The number of benzene rings is 1. The Morgan fingerprint density at radius 3 is 2.78 bits per heavy atom. The van der Waals surface area contributed by atoms with E-state index in [1.54, 1.807) is 0 Å². The van der Waals surface area contributed by atoms with Crippen LogP contribution in [0.5, 0.6) is 0 Å². The summed E-state index contributed by atoms with van der Waals surface area (Å²) in [4.78, 5) is 0. The van der Waals surface area contributed by atoms with E-state index in [1.807, 2.05) is 7.05 Å². The Morgan fingerprint density at radius 2 is 2.11 bits per heavy atom. The number of ether oxygens (including phenoxy) is 1. The third-order valence-electron chi connectivity index (χ3n) is 3.52. The smallest absolute Gasteiger partial charge is 0.0953 e. The Labute approximate surface area is 118 Å². The number of hydrogen-bond acceptors (Lipinski definition) is 2. The van der Waals surface area contributed by atoms with E-state index in [-0.39, 0.29) is 6.10 Å². The maximum Gasteiger partial charge on any atom is 0.0953 e. The van der Waals surface area contributed by atoms with Gasteiger partial charge in [0, 0.05) is 11.0 Å². The molecule has 0 heterocycles.